The fraction of sp³-hybridized carbons (Fsp3) is 0.920. The van der Waals surface area contributed by atoms with Crippen LogP contribution >= 0.6 is 0 Å². The fourth-order valence-electron chi connectivity index (χ4n) is 4.54. The van der Waals surface area contributed by atoms with Gasteiger partial charge in [0, 0.05) is 0 Å². The molecule has 1 rings (SSSR count). The van der Waals surface area contributed by atoms with Crippen molar-refractivity contribution in [3.63, 3.8) is 0 Å². The largest absolute Gasteiger partial charge is 0.459 e. The van der Waals surface area contributed by atoms with Crippen molar-refractivity contribution in [2.45, 2.75) is 118 Å². The smallest absolute Gasteiger partial charge is 0.456 e. The van der Waals surface area contributed by atoms with Gasteiger partial charge >= 0.3 is 24.0 Å². The molecule has 34 heavy (non-hydrogen) atoms. The average molecular weight is 501 g/mol. The molecule has 200 valence electrons. The maximum absolute atomic E-state index is 13.8. The van der Waals surface area contributed by atoms with Crippen LogP contribution in [0.5, 0.6) is 0 Å². The Morgan fingerprint density at radius 2 is 1.41 bits per heavy atom. The molecular weight excluding hydrogens is 459 g/mol. The van der Waals surface area contributed by atoms with E-state index < -0.39 is 53.0 Å². The number of rotatable bonds is 11. The summed E-state index contributed by atoms with van der Waals surface area (Å²) in [7, 11) is 0. The zero-order chi connectivity index (χ0) is 26.8. The summed E-state index contributed by atoms with van der Waals surface area (Å²) in [6.07, 6.45) is -1.88. The summed E-state index contributed by atoms with van der Waals surface area (Å²) in [6.45, 7) is 13.2. The summed E-state index contributed by atoms with van der Waals surface area (Å²) in [5, 5.41) is 0. The van der Waals surface area contributed by atoms with Gasteiger partial charge in [-0.05, 0) is 63.2 Å². The molecule has 0 aliphatic heterocycles. The van der Waals surface area contributed by atoms with Crippen LogP contribution in [0.1, 0.15) is 100 Å². The van der Waals surface area contributed by atoms with Crippen molar-refractivity contribution in [2.75, 3.05) is 6.61 Å². The van der Waals surface area contributed by atoms with Crippen LogP contribution in [0.15, 0.2) is 0 Å². The van der Waals surface area contributed by atoms with E-state index in [1.54, 1.807) is 0 Å². The van der Waals surface area contributed by atoms with Gasteiger partial charge in [0.1, 0.15) is 5.60 Å². The van der Waals surface area contributed by atoms with Crippen LogP contribution < -0.4 is 0 Å². The van der Waals surface area contributed by atoms with Gasteiger partial charge in [0.25, 0.3) is 0 Å². The number of carbonyl (C=O) groups is 2. The highest BCUT2D eigenvalue weighted by Crippen LogP contribution is 2.52. The maximum atomic E-state index is 13.8. The predicted molar refractivity (Wildman–Crippen MR) is 119 cm³/mol. The second-order valence-electron chi connectivity index (χ2n) is 11.5. The van der Waals surface area contributed by atoms with E-state index in [0.717, 1.165) is 6.42 Å². The number of hydrogen-bond acceptors (Lipinski definition) is 4. The summed E-state index contributed by atoms with van der Waals surface area (Å²) < 4.78 is 74.4. The zero-order valence-electron chi connectivity index (χ0n) is 21.8. The quantitative estimate of drug-likeness (QED) is 0.218. The Bertz CT molecular complexity index is 723. The molecule has 0 amide bonds. The van der Waals surface area contributed by atoms with Gasteiger partial charge in [-0.1, -0.05) is 48.0 Å². The van der Waals surface area contributed by atoms with Gasteiger partial charge in [-0.3, -0.25) is 9.59 Å². The van der Waals surface area contributed by atoms with E-state index in [1.165, 1.54) is 6.92 Å². The van der Waals surface area contributed by atoms with Gasteiger partial charge in [-0.2, -0.15) is 22.0 Å². The normalized spacial score (nSPS) is 19.9. The Balaban J connectivity index is 3.20. The van der Waals surface area contributed by atoms with Crippen LogP contribution in [0.4, 0.5) is 22.0 Å². The Hall–Kier alpha value is -1.41. The average Bonchev–Trinajstić information content (AvgIpc) is 3.19. The summed E-state index contributed by atoms with van der Waals surface area (Å²) in [5.74, 6) is -8.06. The molecule has 0 radical (unpaired) electrons. The maximum Gasteiger partial charge on any atom is 0.456 e. The van der Waals surface area contributed by atoms with E-state index in [2.05, 4.69) is 18.6 Å². The second kappa shape index (κ2) is 10.3. The number of ether oxygens (including phenoxy) is 2. The Morgan fingerprint density at radius 1 is 0.912 bits per heavy atom. The molecule has 1 saturated carbocycles. The van der Waals surface area contributed by atoms with Gasteiger partial charge in [0.2, 0.25) is 0 Å². The van der Waals surface area contributed by atoms with Crippen molar-refractivity contribution in [2.24, 2.45) is 22.2 Å². The lowest BCUT2D eigenvalue weighted by Gasteiger charge is -2.48. The minimum atomic E-state index is -5.83. The van der Waals surface area contributed by atoms with Gasteiger partial charge < -0.3 is 9.47 Å². The van der Waals surface area contributed by atoms with Gasteiger partial charge in [-0.25, -0.2) is 0 Å². The van der Waals surface area contributed by atoms with Crippen LogP contribution in [0, 0.1) is 22.2 Å². The molecule has 0 spiro atoms. The van der Waals surface area contributed by atoms with Crippen LogP contribution in [0.2, 0.25) is 0 Å². The predicted octanol–water partition coefficient (Wildman–Crippen LogP) is 7.49. The number of alkyl halides is 5. The molecular formula is C25H41F5O4. The summed E-state index contributed by atoms with van der Waals surface area (Å²) in [4.78, 5) is 26.3. The standard InChI is InChI=1S/C25H41F5O4/c1-9-20(4,5)15-22(8,21(6,7)10-2)19(32)34-23(13-11-12-14-23)17(3)18(31)33-16-24(26,27)25(28,29)30/h17H,9-16H2,1-8H3. The minimum absolute atomic E-state index is 0.170. The van der Waals surface area contributed by atoms with Crippen molar-refractivity contribution < 1.29 is 41.0 Å². The summed E-state index contributed by atoms with van der Waals surface area (Å²) >= 11 is 0. The SMILES string of the molecule is CCC(C)(C)CC(C)(C(=O)OC1(C(C)C(=O)OCC(F)(F)C(F)(F)F)CCCC1)C(C)(C)CC. The van der Waals surface area contributed by atoms with Crippen molar-refractivity contribution in [1.29, 1.82) is 0 Å². The third-order valence-corrected chi connectivity index (χ3v) is 8.32. The Kier molecular flexibility index (Phi) is 9.27. The molecule has 1 aliphatic rings. The lowest BCUT2D eigenvalue weighted by Crippen LogP contribution is -2.52. The monoisotopic (exact) mass is 500 g/mol. The summed E-state index contributed by atoms with van der Waals surface area (Å²) in [5.41, 5.74) is -2.83. The van der Waals surface area contributed by atoms with Crippen LogP contribution in [0.3, 0.4) is 0 Å². The highest BCUT2D eigenvalue weighted by molar-refractivity contribution is 5.79. The molecule has 0 aromatic rings. The number of carbonyl (C=O) groups excluding carboxylic acids is 2. The molecule has 9 heteroatoms. The highest BCUT2D eigenvalue weighted by atomic mass is 19.4. The Labute approximate surface area is 200 Å². The molecule has 0 saturated heterocycles. The van der Waals surface area contributed by atoms with E-state index in [9.17, 15) is 31.5 Å². The number of halogens is 5. The molecule has 0 aromatic heterocycles. The van der Waals surface area contributed by atoms with E-state index >= 15 is 0 Å². The van der Waals surface area contributed by atoms with Crippen LogP contribution in [0.25, 0.3) is 0 Å². The van der Waals surface area contributed by atoms with E-state index in [1.807, 2.05) is 34.6 Å². The third kappa shape index (κ3) is 6.42. The van der Waals surface area contributed by atoms with Crippen molar-refractivity contribution >= 4 is 11.9 Å². The molecule has 0 N–H and O–H groups in total. The fourth-order valence-corrected chi connectivity index (χ4v) is 4.54. The lowest BCUT2D eigenvalue weighted by atomic mass is 9.58. The van der Waals surface area contributed by atoms with E-state index in [-0.39, 0.29) is 5.41 Å². The highest BCUT2D eigenvalue weighted by Gasteiger charge is 2.59. The van der Waals surface area contributed by atoms with Gasteiger partial charge in [0.15, 0.2) is 6.61 Å². The Morgan fingerprint density at radius 3 is 1.82 bits per heavy atom. The number of hydrogen-bond donors (Lipinski definition) is 0. The first-order valence-electron chi connectivity index (χ1n) is 12.0. The van der Waals surface area contributed by atoms with Crippen molar-refractivity contribution in [1.82, 2.24) is 0 Å². The first kappa shape index (κ1) is 30.6. The first-order valence-corrected chi connectivity index (χ1v) is 12.0. The van der Waals surface area contributed by atoms with E-state index in [0.29, 0.717) is 38.5 Å². The molecule has 2 atom stereocenters. The molecule has 0 bridgehead atoms. The third-order valence-electron chi connectivity index (χ3n) is 8.32. The summed E-state index contributed by atoms with van der Waals surface area (Å²) in [6, 6.07) is 0. The second-order valence-corrected chi connectivity index (χ2v) is 11.5. The molecule has 1 aliphatic carbocycles. The van der Waals surface area contributed by atoms with E-state index in [4.69, 9.17) is 4.74 Å². The first-order chi connectivity index (χ1) is 15.2. The van der Waals surface area contributed by atoms with Crippen LogP contribution in [-0.4, -0.2) is 36.2 Å². The molecule has 2 unspecified atom stereocenters. The zero-order valence-corrected chi connectivity index (χ0v) is 21.8. The van der Waals surface area contributed by atoms with Gasteiger partial charge in [0.05, 0.1) is 11.3 Å². The van der Waals surface area contributed by atoms with Crippen LogP contribution in [-0.2, 0) is 19.1 Å². The topological polar surface area (TPSA) is 52.6 Å². The van der Waals surface area contributed by atoms with Crippen molar-refractivity contribution in [3.8, 4) is 0 Å². The molecule has 0 heterocycles. The minimum Gasteiger partial charge on any atom is -0.459 e. The van der Waals surface area contributed by atoms with Crippen molar-refractivity contribution in [3.05, 3.63) is 0 Å². The molecule has 1 fully saturated rings. The number of esters is 2. The molecule has 4 nitrogen and oxygen atoms in total. The lowest BCUT2D eigenvalue weighted by molar-refractivity contribution is -0.294. The van der Waals surface area contributed by atoms with Gasteiger partial charge in [-0.15, -0.1) is 0 Å². The molecule has 0 aromatic carbocycles.